The summed E-state index contributed by atoms with van der Waals surface area (Å²) in [7, 11) is 0. The van der Waals surface area contributed by atoms with Crippen molar-refractivity contribution in [2.24, 2.45) is 0 Å². The van der Waals surface area contributed by atoms with Crippen LogP contribution in [0.25, 0.3) is 0 Å². The summed E-state index contributed by atoms with van der Waals surface area (Å²) < 4.78 is 2.00. The second-order valence-corrected chi connectivity index (χ2v) is 3.61. The second-order valence-electron chi connectivity index (χ2n) is 3.61. The molecular formula is C12H18NO+. The van der Waals surface area contributed by atoms with E-state index in [2.05, 4.69) is 6.92 Å². The van der Waals surface area contributed by atoms with Crippen molar-refractivity contribution in [3.63, 3.8) is 0 Å². The van der Waals surface area contributed by atoms with Gasteiger partial charge in [0.25, 0.3) is 0 Å². The van der Waals surface area contributed by atoms with Crippen LogP contribution >= 0.6 is 0 Å². The van der Waals surface area contributed by atoms with Crippen LogP contribution in [0.2, 0.25) is 0 Å². The normalized spacial score (nSPS) is 10.1. The maximum Gasteiger partial charge on any atom is 0.206 e. The predicted molar refractivity (Wildman–Crippen MR) is 55.9 cm³/mol. The molecule has 0 atom stereocenters. The van der Waals surface area contributed by atoms with Gasteiger partial charge in [-0.2, -0.15) is 4.57 Å². The molecule has 0 aliphatic rings. The number of nitrogens with zero attached hydrogens (tertiary/aromatic N) is 1. The molecule has 0 bridgehead atoms. The van der Waals surface area contributed by atoms with Crippen LogP contribution in [0.1, 0.15) is 31.9 Å². The Morgan fingerprint density at radius 3 is 2.86 bits per heavy atom. The molecule has 14 heavy (non-hydrogen) atoms. The van der Waals surface area contributed by atoms with Gasteiger partial charge >= 0.3 is 0 Å². The zero-order chi connectivity index (χ0) is 10.4. The van der Waals surface area contributed by atoms with Gasteiger partial charge in [-0.25, -0.2) is 0 Å². The van der Waals surface area contributed by atoms with Crippen LogP contribution in [0.15, 0.2) is 24.4 Å². The molecule has 0 amide bonds. The number of hydrogen-bond donors (Lipinski definition) is 0. The van der Waals surface area contributed by atoms with Crippen molar-refractivity contribution in [1.82, 2.24) is 0 Å². The zero-order valence-corrected chi connectivity index (χ0v) is 8.99. The average molecular weight is 192 g/mol. The minimum Gasteiger partial charge on any atom is -0.293 e. The number of aryl methyl sites for hydroxylation is 1. The van der Waals surface area contributed by atoms with E-state index in [1.165, 1.54) is 0 Å². The molecule has 1 aromatic rings. The Bertz CT molecular complexity index is 307. The van der Waals surface area contributed by atoms with E-state index >= 15 is 0 Å². The zero-order valence-electron chi connectivity index (χ0n) is 8.99. The van der Waals surface area contributed by atoms with Crippen molar-refractivity contribution in [2.45, 2.75) is 39.7 Å². The van der Waals surface area contributed by atoms with Crippen molar-refractivity contribution < 1.29 is 9.36 Å². The molecule has 0 saturated carbocycles. The third-order valence-electron chi connectivity index (χ3n) is 2.32. The fourth-order valence-corrected chi connectivity index (χ4v) is 1.38. The third kappa shape index (κ3) is 3.29. The summed E-state index contributed by atoms with van der Waals surface area (Å²) in [6.07, 6.45) is 4.76. The van der Waals surface area contributed by atoms with Crippen molar-refractivity contribution in [2.75, 3.05) is 0 Å². The largest absolute Gasteiger partial charge is 0.293 e. The Morgan fingerprint density at radius 2 is 2.21 bits per heavy atom. The van der Waals surface area contributed by atoms with Crippen molar-refractivity contribution in [1.29, 1.82) is 0 Å². The maximum atomic E-state index is 11.5. The SMILES string of the molecule is CCCCC(=O)C[n+]1ccccc1C. The van der Waals surface area contributed by atoms with Gasteiger partial charge in [0.05, 0.1) is 0 Å². The standard InChI is InChI=1S/C12H18NO/c1-3-4-8-12(14)10-13-9-6-5-7-11(13)2/h5-7,9H,3-4,8,10H2,1-2H3/q+1. The number of Topliss-reactive ketones (excluding diaryl/α,β-unsaturated/α-hetero) is 1. The molecular weight excluding hydrogens is 174 g/mol. The predicted octanol–water partition coefficient (Wildman–Crippen LogP) is 2.04. The summed E-state index contributed by atoms with van der Waals surface area (Å²) >= 11 is 0. The van der Waals surface area contributed by atoms with Gasteiger partial charge in [-0.3, -0.25) is 4.79 Å². The molecule has 0 fully saturated rings. The lowest BCUT2D eigenvalue weighted by Gasteiger charge is -1.98. The highest BCUT2D eigenvalue weighted by Crippen LogP contribution is 1.96. The van der Waals surface area contributed by atoms with E-state index < -0.39 is 0 Å². The summed E-state index contributed by atoms with van der Waals surface area (Å²) in [4.78, 5) is 11.5. The van der Waals surface area contributed by atoms with Gasteiger partial charge in [0, 0.05) is 25.5 Å². The van der Waals surface area contributed by atoms with Gasteiger partial charge in [-0.1, -0.05) is 19.4 Å². The lowest BCUT2D eigenvalue weighted by atomic mass is 10.2. The molecule has 0 aromatic carbocycles. The quantitative estimate of drug-likeness (QED) is 0.654. The smallest absolute Gasteiger partial charge is 0.206 e. The minimum atomic E-state index is 0.325. The van der Waals surface area contributed by atoms with E-state index in [0.29, 0.717) is 18.7 Å². The highest BCUT2D eigenvalue weighted by atomic mass is 16.1. The van der Waals surface area contributed by atoms with Crippen molar-refractivity contribution in [3.05, 3.63) is 30.1 Å². The number of hydrogen-bond acceptors (Lipinski definition) is 1. The molecule has 1 aromatic heterocycles. The van der Waals surface area contributed by atoms with Crippen LogP contribution in [0.3, 0.4) is 0 Å². The van der Waals surface area contributed by atoms with Gasteiger partial charge in [0.2, 0.25) is 6.54 Å². The summed E-state index contributed by atoms with van der Waals surface area (Å²) in [5, 5.41) is 0. The van der Waals surface area contributed by atoms with Gasteiger partial charge in [-0.15, -0.1) is 0 Å². The molecule has 2 nitrogen and oxygen atoms in total. The van der Waals surface area contributed by atoms with E-state index in [4.69, 9.17) is 0 Å². The highest BCUT2D eigenvalue weighted by molar-refractivity contribution is 5.76. The number of rotatable bonds is 5. The Morgan fingerprint density at radius 1 is 1.43 bits per heavy atom. The maximum absolute atomic E-state index is 11.5. The topological polar surface area (TPSA) is 20.9 Å². The third-order valence-corrected chi connectivity index (χ3v) is 2.32. The van der Waals surface area contributed by atoms with Gasteiger partial charge < -0.3 is 0 Å². The number of pyridine rings is 1. The van der Waals surface area contributed by atoms with E-state index in [1.807, 2.05) is 35.9 Å². The van der Waals surface area contributed by atoms with Crippen LogP contribution < -0.4 is 4.57 Å². The minimum absolute atomic E-state index is 0.325. The lowest BCUT2D eigenvalue weighted by Crippen LogP contribution is -2.40. The molecule has 1 heterocycles. The number of carbonyl (C=O) groups excluding carboxylic acids is 1. The first-order valence-electron chi connectivity index (χ1n) is 5.21. The molecule has 76 valence electrons. The van der Waals surface area contributed by atoms with Crippen LogP contribution in [0.5, 0.6) is 0 Å². The first kappa shape index (κ1) is 10.9. The Balaban J connectivity index is 2.52. The molecule has 2 heteroatoms. The molecule has 0 aliphatic carbocycles. The molecule has 0 spiro atoms. The van der Waals surface area contributed by atoms with Crippen molar-refractivity contribution in [3.8, 4) is 0 Å². The van der Waals surface area contributed by atoms with Crippen LogP contribution in [-0.2, 0) is 11.3 Å². The summed E-state index contributed by atoms with van der Waals surface area (Å²) in [5.41, 5.74) is 1.14. The molecule has 0 saturated heterocycles. The van der Waals surface area contributed by atoms with Gasteiger partial charge in [-0.05, 0) is 6.42 Å². The first-order valence-corrected chi connectivity index (χ1v) is 5.21. The Labute approximate surface area is 85.6 Å². The Hall–Kier alpha value is -1.18. The van der Waals surface area contributed by atoms with Crippen LogP contribution in [0.4, 0.5) is 0 Å². The van der Waals surface area contributed by atoms with E-state index in [0.717, 1.165) is 18.5 Å². The van der Waals surface area contributed by atoms with E-state index in [1.54, 1.807) is 0 Å². The number of carbonyl (C=O) groups is 1. The van der Waals surface area contributed by atoms with Crippen LogP contribution in [-0.4, -0.2) is 5.78 Å². The molecule has 0 radical (unpaired) electrons. The fourth-order valence-electron chi connectivity index (χ4n) is 1.38. The second kappa shape index (κ2) is 5.53. The summed E-state index contributed by atoms with van der Waals surface area (Å²) in [6, 6.07) is 5.97. The number of unbranched alkanes of at least 4 members (excludes halogenated alkanes) is 1. The number of ketones is 1. The van der Waals surface area contributed by atoms with E-state index in [9.17, 15) is 4.79 Å². The molecule has 0 aliphatic heterocycles. The fraction of sp³-hybridized carbons (Fsp3) is 0.500. The van der Waals surface area contributed by atoms with Gasteiger partial charge in [0.1, 0.15) is 0 Å². The van der Waals surface area contributed by atoms with Gasteiger partial charge in [0.15, 0.2) is 17.7 Å². The average Bonchev–Trinajstić information content (AvgIpc) is 2.18. The monoisotopic (exact) mass is 192 g/mol. The highest BCUT2D eigenvalue weighted by Gasteiger charge is 2.10. The molecule has 0 unspecified atom stereocenters. The molecule has 0 N–H and O–H groups in total. The lowest BCUT2D eigenvalue weighted by molar-refractivity contribution is -0.690. The van der Waals surface area contributed by atoms with E-state index in [-0.39, 0.29) is 0 Å². The Kier molecular flexibility index (Phi) is 4.30. The summed E-state index contributed by atoms with van der Waals surface area (Å²) in [5.74, 6) is 0.325. The molecule has 1 rings (SSSR count). The summed E-state index contributed by atoms with van der Waals surface area (Å²) in [6.45, 7) is 4.65. The number of aromatic nitrogens is 1. The van der Waals surface area contributed by atoms with Crippen LogP contribution in [0, 0.1) is 6.92 Å². The first-order chi connectivity index (χ1) is 6.74. The van der Waals surface area contributed by atoms with Crippen molar-refractivity contribution >= 4 is 5.78 Å².